The summed E-state index contributed by atoms with van der Waals surface area (Å²) in [6, 6.07) is 19.3. The second-order valence-corrected chi connectivity index (χ2v) is 10.3. The Morgan fingerprint density at radius 2 is 1.60 bits per heavy atom. The summed E-state index contributed by atoms with van der Waals surface area (Å²) < 4.78 is 0. The van der Waals surface area contributed by atoms with Gasteiger partial charge in [0.25, 0.3) is 5.91 Å². The molecule has 2 aromatic heterocycles. The van der Waals surface area contributed by atoms with Gasteiger partial charge in [-0.3, -0.25) is 30.3 Å². The fraction of sp³-hybridized carbons (Fsp3) is 0.207. The summed E-state index contributed by atoms with van der Waals surface area (Å²) in [4.78, 5) is 45.3. The molecule has 1 saturated heterocycles. The number of carbonyl (C=O) groups excluding carboxylic acids is 3. The van der Waals surface area contributed by atoms with Crippen LogP contribution in [0.25, 0.3) is 11.0 Å². The lowest BCUT2D eigenvalue weighted by molar-refractivity contribution is -0.164. The fourth-order valence-electron chi connectivity index (χ4n) is 6.62. The molecule has 11 nitrogen and oxygen atoms in total. The first-order chi connectivity index (χ1) is 19.4. The molecule has 4 aliphatic rings. The number of fused-ring (bicyclic) bond motifs is 1. The van der Waals surface area contributed by atoms with Crippen LogP contribution in [0.3, 0.4) is 0 Å². The number of amides is 3. The standard InChI is InChI=1S/C29H22N8O3/c1-13-11-14(2)31-25-20(13)26(35-33-25)34-32-19(12-30)28(39)37-29(40)24-22-17-9-5-3-7-15(17)21(23(24)27(38)36-37)16-8-4-6-10-18(16)22/h3-11,21-24H,1-2H3,(H,36,38)(H2,31,33,34,35)/b32-19+. The molecule has 2 unspecified atom stereocenters. The van der Waals surface area contributed by atoms with Gasteiger partial charge in [0.2, 0.25) is 11.6 Å². The van der Waals surface area contributed by atoms with Gasteiger partial charge in [0.05, 0.1) is 17.2 Å². The number of aromatic amines is 1. The lowest BCUT2D eigenvalue weighted by Crippen LogP contribution is -2.65. The first-order valence-electron chi connectivity index (χ1n) is 12.8. The molecule has 0 saturated carbocycles. The predicted octanol–water partition coefficient (Wildman–Crippen LogP) is 2.79. The third-order valence-electron chi connectivity index (χ3n) is 8.11. The number of hydrazone groups is 1. The topological polar surface area (TPSA) is 156 Å². The highest BCUT2D eigenvalue weighted by Gasteiger charge is 2.59. The molecule has 2 bridgehead atoms. The second-order valence-electron chi connectivity index (χ2n) is 10.3. The minimum absolute atomic E-state index is 0.316. The highest BCUT2D eigenvalue weighted by Crippen LogP contribution is 2.59. The van der Waals surface area contributed by atoms with E-state index < -0.39 is 41.2 Å². The van der Waals surface area contributed by atoms with Crippen LogP contribution in [0.15, 0.2) is 59.7 Å². The number of carbonyl (C=O) groups is 3. The zero-order valence-corrected chi connectivity index (χ0v) is 21.5. The van der Waals surface area contributed by atoms with Crippen LogP contribution in [0, 0.1) is 37.0 Å². The smallest absolute Gasteiger partial charge is 0.273 e. The number of imide groups is 1. The van der Waals surface area contributed by atoms with Gasteiger partial charge in [0, 0.05) is 17.5 Å². The summed E-state index contributed by atoms with van der Waals surface area (Å²) in [5.74, 6) is -3.89. The van der Waals surface area contributed by atoms with Crippen LogP contribution in [0.4, 0.5) is 5.82 Å². The monoisotopic (exact) mass is 530 g/mol. The molecule has 4 aromatic rings. The molecule has 3 N–H and O–H groups in total. The number of anilines is 1. The van der Waals surface area contributed by atoms with Crippen LogP contribution >= 0.6 is 0 Å². The summed E-state index contributed by atoms with van der Waals surface area (Å²) in [5.41, 5.74) is 10.6. The van der Waals surface area contributed by atoms with Crippen LogP contribution in [0.1, 0.15) is 45.3 Å². The van der Waals surface area contributed by atoms with E-state index in [9.17, 15) is 19.6 Å². The number of benzene rings is 2. The lowest BCUT2D eigenvalue weighted by atomic mass is 9.53. The van der Waals surface area contributed by atoms with E-state index in [4.69, 9.17) is 0 Å². The Morgan fingerprint density at radius 3 is 2.20 bits per heavy atom. The Morgan fingerprint density at radius 1 is 1.00 bits per heavy atom. The maximum absolute atomic E-state index is 13.9. The zero-order valence-electron chi connectivity index (χ0n) is 21.5. The number of aryl methyl sites for hydroxylation is 2. The van der Waals surface area contributed by atoms with Crippen molar-refractivity contribution >= 4 is 40.3 Å². The Bertz CT molecular complexity index is 1800. The van der Waals surface area contributed by atoms with Crippen LogP contribution < -0.4 is 10.9 Å². The quantitative estimate of drug-likeness (QED) is 0.272. The third-order valence-corrected chi connectivity index (χ3v) is 8.11. The molecular weight excluding hydrogens is 508 g/mol. The molecule has 2 atom stereocenters. The Kier molecular flexibility index (Phi) is 5.08. The average Bonchev–Trinajstić information content (AvgIpc) is 3.37. The van der Waals surface area contributed by atoms with Gasteiger partial charge >= 0.3 is 5.91 Å². The van der Waals surface area contributed by atoms with Crippen LogP contribution in [0.2, 0.25) is 0 Å². The van der Waals surface area contributed by atoms with E-state index in [0.29, 0.717) is 21.9 Å². The molecule has 2 aromatic carbocycles. The van der Waals surface area contributed by atoms with E-state index in [1.807, 2.05) is 68.4 Å². The van der Waals surface area contributed by atoms with Crippen LogP contribution in [-0.4, -0.2) is 43.6 Å². The summed E-state index contributed by atoms with van der Waals surface area (Å²) in [5, 5.41) is 22.0. The maximum atomic E-state index is 13.9. The predicted molar refractivity (Wildman–Crippen MR) is 144 cm³/mol. The minimum atomic E-state index is -1.02. The first-order valence-corrected chi connectivity index (χ1v) is 12.8. The van der Waals surface area contributed by atoms with Gasteiger partial charge in [-0.05, 0) is 47.7 Å². The lowest BCUT2D eigenvalue weighted by Gasteiger charge is -2.52. The minimum Gasteiger partial charge on any atom is -0.273 e. The van der Waals surface area contributed by atoms with Crippen molar-refractivity contribution in [2.24, 2.45) is 16.9 Å². The highest BCUT2D eigenvalue weighted by atomic mass is 16.2. The number of hydrazine groups is 1. The maximum Gasteiger partial charge on any atom is 0.310 e. The highest BCUT2D eigenvalue weighted by molar-refractivity contribution is 6.47. The van der Waals surface area contributed by atoms with E-state index >= 15 is 0 Å². The van der Waals surface area contributed by atoms with Crippen LogP contribution in [-0.2, 0) is 14.4 Å². The van der Waals surface area contributed by atoms with Crippen molar-refractivity contribution in [3.63, 3.8) is 0 Å². The number of hydrogen-bond donors (Lipinski definition) is 3. The number of pyridine rings is 1. The SMILES string of the molecule is Cc1cc(C)c2c(N/N=C(\C#N)C(=O)N3NC(=O)C4C5c6ccccc6C(c6ccccc65)C4C3=O)[nH]nc2n1. The van der Waals surface area contributed by atoms with E-state index in [2.05, 4.69) is 31.1 Å². The molecule has 1 fully saturated rings. The van der Waals surface area contributed by atoms with Crippen molar-refractivity contribution < 1.29 is 14.4 Å². The molecule has 0 radical (unpaired) electrons. The van der Waals surface area contributed by atoms with Gasteiger partial charge in [-0.1, -0.05) is 48.5 Å². The Hall–Kier alpha value is -5.37. The molecule has 40 heavy (non-hydrogen) atoms. The molecule has 8 rings (SSSR count). The molecule has 1 aliphatic heterocycles. The number of nitrogens with zero attached hydrogens (tertiary/aromatic N) is 5. The molecule has 3 heterocycles. The van der Waals surface area contributed by atoms with Crippen molar-refractivity contribution in [2.45, 2.75) is 25.7 Å². The van der Waals surface area contributed by atoms with E-state index in [1.165, 1.54) is 0 Å². The zero-order chi connectivity index (χ0) is 27.7. The van der Waals surface area contributed by atoms with Gasteiger partial charge < -0.3 is 0 Å². The summed E-state index contributed by atoms with van der Waals surface area (Å²) in [6.07, 6.45) is 0. The van der Waals surface area contributed by atoms with Crippen molar-refractivity contribution in [3.8, 4) is 6.07 Å². The van der Waals surface area contributed by atoms with Crippen molar-refractivity contribution in [3.05, 3.63) is 88.1 Å². The number of nitriles is 1. The van der Waals surface area contributed by atoms with E-state index in [-0.39, 0.29) is 5.92 Å². The van der Waals surface area contributed by atoms with Gasteiger partial charge in [0.1, 0.15) is 6.07 Å². The molecule has 196 valence electrons. The van der Waals surface area contributed by atoms with Gasteiger partial charge in [-0.25, -0.2) is 4.98 Å². The fourth-order valence-corrected chi connectivity index (χ4v) is 6.62. The molecule has 11 heteroatoms. The normalized spacial score (nSPS) is 22.7. The Balaban J connectivity index is 1.23. The number of H-pyrrole nitrogens is 1. The molecule has 0 spiro atoms. The van der Waals surface area contributed by atoms with Crippen molar-refractivity contribution in [2.75, 3.05) is 5.43 Å². The van der Waals surface area contributed by atoms with Crippen molar-refractivity contribution in [1.29, 1.82) is 5.26 Å². The number of aromatic nitrogens is 3. The van der Waals surface area contributed by atoms with E-state index in [0.717, 1.165) is 33.5 Å². The first kappa shape index (κ1) is 23.7. The summed E-state index contributed by atoms with van der Waals surface area (Å²) >= 11 is 0. The van der Waals surface area contributed by atoms with E-state index in [1.54, 1.807) is 6.07 Å². The molecular formula is C29H22N8O3. The summed E-state index contributed by atoms with van der Waals surface area (Å²) in [6.45, 7) is 3.73. The average molecular weight is 531 g/mol. The summed E-state index contributed by atoms with van der Waals surface area (Å²) in [7, 11) is 0. The molecule has 3 amide bonds. The Labute approximate surface area is 227 Å². The van der Waals surface area contributed by atoms with Gasteiger partial charge in [0.15, 0.2) is 11.5 Å². The largest absolute Gasteiger partial charge is 0.310 e. The second kappa shape index (κ2) is 8.57. The van der Waals surface area contributed by atoms with Gasteiger partial charge in [-0.2, -0.15) is 20.5 Å². The number of rotatable bonds is 3. The third kappa shape index (κ3) is 3.22. The van der Waals surface area contributed by atoms with Crippen LogP contribution in [0.5, 0.6) is 0 Å². The number of nitrogens with one attached hydrogen (secondary N) is 3. The van der Waals surface area contributed by atoms with Crippen molar-refractivity contribution in [1.82, 2.24) is 25.6 Å². The molecule has 3 aliphatic carbocycles. The van der Waals surface area contributed by atoms with Gasteiger partial charge in [-0.15, -0.1) is 0 Å². The number of hydrogen-bond acceptors (Lipinski definition) is 8.